The molecule has 0 bridgehead atoms. The monoisotopic (exact) mass is 326 g/mol. The van der Waals surface area contributed by atoms with Crippen molar-refractivity contribution < 1.29 is 9.53 Å². The van der Waals surface area contributed by atoms with Crippen LogP contribution < -0.4 is 11.1 Å². The van der Waals surface area contributed by atoms with Gasteiger partial charge in [0.25, 0.3) is 0 Å². The predicted molar refractivity (Wildman–Crippen MR) is 91.2 cm³/mol. The van der Waals surface area contributed by atoms with Gasteiger partial charge in [0, 0.05) is 25.2 Å². The first-order chi connectivity index (χ1) is 10.1. The van der Waals surface area contributed by atoms with E-state index in [0.29, 0.717) is 13.2 Å². The summed E-state index contributed by atoms with van der Waals surface area (Å²) in [6.07, 6.45) is 1.74. The molecule has 2 rings (SSSR count). The number of hydrogen-bond acceptors (Lipinski definition) is 3. The van der Waals surface area contributed by atoms with Crippen molar-refractivity contribution in [3.63, 3.8) is 0 Å². The molecular weight excluding hydrogens is 300 g/mol. The van der Waals surface area contributed by atoms with Gasteiger partial charge in [0.1, 0.15) is 0 Å². The lowest BCUT2D eigenvalue weighted by Gasteiger charge is -2.29. The summed E-state index contributed by atoms with van der Waals surface area (Å²) in [4.78, 5) is 12.3. The second-order valence-corrected chi connectivity index (χ2v) is 5.97. The molecule has 0 aromatic heterocycles. The summed E-state index contributed by atoms with van der Waals surface area (Å²) in [5, 5.41) is 3.07. The fourth-order valence-electron chi connectivity index (χ4n) is 2.78. The summed E-state index contributed by atoms with van der Waals surface area (Å²) in [7, 11) is 0. The van der Waals surface area contributed by atoms with Crippen LogP contribution in [-0.4, -0.2) is 31.2 Å². The Kier molecular flexibility index (Phi) is 7.87. The molecule has 1 aromatic carbocycles. The molecule has 1 aliphatic rings. The number of carbonyl (C=O) groups is 1. The van der Waals surface area contributed by atoms with Crippen LogP contribution in [0.1, 0.15) is 38.2 Å². The topological polar surface area (TPSA) is 64.4 Å². The highest BCUT2D eigenvalue weighted by atomic mass is 35.5. The van der Waals surface area contributed by atoms with Gasteiger partial charge in [0.15, 0.2) is 0 Å². The SMILES string of the molecule is CC(NC(=O)C(N)C1CCOCC1)C(C)c1ccccc1.Cl. The Balaban J connectivity index is 0.00000242. The molecule has 0 radical (unpaired) electrons. The second kappa shape index (κ2) is 9.13. The third kappa shape index (κ3) is 4.97. The Morgan fingerprint density at radius 3 is 2.41 bits per heavy atom. The van der Waals surface area contributed by atoms with Gasteiger partial charge in [-0.1, -0.05) is 37.3 Å². The molecule has 1 fully saturated rings. The molecule has 1 aromatic rings. The molecule has 1 aliphatic heterocycles. The number of benzene rings is 1. The molecule has 1 amide bonds. The van der Waals surface area contributed by atoms with Crippen LogP contribution in [0.5, 0.6) is 0 Å². The Labute approximate surface area is 139 Å². The lowest BCUT2D eigenvalue weighted by atomic mass is 9.90. The van der Waals surface area contributed by atoms with Crippen molar-refractivity contribution in [2.75, 3.05) is 13.2 Å². The first kappa shape index (κ1) is 18.9. The molecule has 0 saturated carbocycles. The molecule has 3 N–H and O–H groups in total. The average molecular weight is 327 g/mol. The summed E-state index contributed by atoms with van der Waals surface area (Å²) in [6, 6.07) is 9.85. The highest BCUT2D eigenvalue weighted by molar-refractivity contribution is 5.85. The van der Waals surface area contributed by atoms with Gasteiger partial charge in [-0.25, -0.2) is 0 Å². The van der Waals surface area contributed by atoms with Gasteiger partial charge in [-0.2, -0.15) is 0 Å². The Bertz CT molecular complexity index is 449. The van der Waals surface area contributed by atoms with E-state index < -0.39 is 6.04 Å². The van der Waals surface area contributed by atoms with Crippen molar-refractivity contribution in [3.05, 3.63) is 35.9 Å². The van der Waals surface area contributed by atoms with Crippen molar-refractivity contribution in [3.8, 4) is 0 Å². The van der Waals surface area contributed by atoms with Crippen LogP contribution in [0.25, 0.3) is 0 Å². The Hall–Kier alpha value is -1.10. The number of nitrogens with two attached hydrogens (primary N) is 1. The minimum Gasteiger partial charge on any atom is -0.381 e. The first-order valence-corrected chi connectivity index (χ1v) is 7.78. The van der Waals surface area contributed by atoms with Crippen LogP contribution in [-0.2, 0) is 9.53 Å². The van der Waals surface area contributed by atoms with E-state index in [1.807, 2.05) is 25.1 Å². The van der Waals surface area contributed by atoms with Crippen LogP contribution >= 0.6 is 12.4 Å². The van der Waals surface area contributed by atoms with Crippen molar-refractivity contribution in [1.29, 1.82) is 0 Å². The smallest absolute Gasteiger partial charge is 0.237 e. The molecule has 3 unspecified atom stereocenters. The van der Waals surface area contributed by atoms with E-state index in [1.54, 1.807) is 0 Å². The van der Waals surface area contributed by atoms with E-state index in [4.69, 9.17) is 10.5 Å². The van der Waals surface area contributed by atoms with Gasteiger partial charge in [0.05, 0.1) is 6.04 Å². The van der Waals surface area contributed by atoms with E-state index in [2.05, 4.69) is 24.4 Å². The zero-order valence-electron chi connectivity index (χ0n) is 13.3. The minimum atomic E-state index is -0.431. The number of amides is 1. The van der Waals surface area contributed by atoms with Crippen LogP contribution in [0, 0.1) is 5.92 Å². The molecule has 124 valence electrons. The number of hydrogen-bond donors (Lipinski definition) is 2. The third-order valence-electron chi connectivity index (χ3n) is 4.52. The van der Waals surface area contributed by atoms with E-state index in [1.165, 1.54) is 5.56 Å². The van der Waals surface area contributed by atoms with E-state index >= 15 is 0 Å². The number of ether oxygens (including phenoxy) is 1. The maximum Gasteiger partial charge on any atom is 0.237 e. The molecule has 0 aliphatic carbocycles. The number of carbonyl (C=O) groups excluding carboxylic acids is 1. The maximum absolute atomic E-state index is 12.3. The van der Waals surface area contributed by atoms with E-state index in [9.17, 15) is 4.79 Å². The zero-order chi connectivity index (χ0) is 15.2. The molecule has 0 spiro atoms. The van der Waals surface area contributed by atoms with Crippen molar-refractivity contribution in [1.82, 2.24) is 5.32 Å². The molecular formula is C17H27ClN2O2. The van der Waals surface area contributed by atoms with Gasteiger partial charge in [-0.3, -0.25) is 4.79 Å². The Morgan fingerprint density at radius 2 is 1.82 bits per heavy atom. The largest absolute Gasteiger partial charge is 0.381 e. The third-order valence-corrected chi connectivity index (χ3v) is 4.52. The van der Waals surface area contributed by atoms with Crippen LogP contribution in [0.4, 0.5) is 0 Å². The van der Waals surface area contributed by atoms with Gasteiger partial charge in [-0.05, 0) is 31.2 Å². The summed E-state index contributed by atoms with van der Waals surface area (Å²) < 4.78 is 5.32. The quantitative estimate of drug-likeness (QED) is 0.873. The molecule has 5 heteroatoms. The summed E-state index contributed by atoms with van der Waals surface area (Å²) in [6.45, 7) is 5.58. The number of rotatable bonds is 5. The summed E-state index contributed by atoms with van der Waals surface area (Å²) in [5.74, 6) is 0.451. The number of nitrogens with one attached hydrogen (secondary N) is 1. The number of halogens is 1. The predicted octanol–water partition coefficient (Wildman–Crippen LogP) is 2.47. The van der Waals surface area contributed by atoms with Crippen LogP contribution in [0.15, 0.2) is 30.3 Å². The van der Waals surface area contributed by atoms with E-state index in [-0.39, 0.29) is 36.2 Å². The minimum absolute atomic E-state index is 0. The lowest BCUT2D eigenvalue weighted by Crippen LogP contribution is -2.50. The van der Waals surface area contributed by atoms with Crippen LogP contribution in [0.2, 0.25) is 0 Å². The zero-order valence-corrected chi connectivity index (χ0v) is 14.1. The van der Waals surface area contributed by atoms with Crippen LogP contribution in [0.3, 0.4) is 0 Å². The average Bonchev–Trinajstić information content (AvgIpc) is 2.55. The van der Waals surface area contributed by atoms with Gasteiger partial charge in [-0.15, -0.1) is 12.4 Å². The first-order valence-electron chi connectivity index (χ1n) is 7.78. The summed E-state index contributed by atoms with van der Waals surface area (Å²) >= 11 is 0. The molecule has 4 nitrogen and oxygen atoms in total. The highest BCUT2D eigenvalue weighted by Gasteiger charge is 2.28. The van der Waals surface area contributed by atoms with Gasteiger partial charge >= 0.3 is 0 Å². The van der Waals surface area contributed by atoms with Gasteiger partial charge < -0.3 is 15.8 Å². The second-order valence-electron chi connectivity index (χ2n) is 5.97. The van der Waals surface area contributed by atoms with E-state index in [0.717, 1.165) is 12.8 Å². The molecule has 22 heavy (non-hydrogen) atoms. The van der Waals surface area contributed by atoms with Crippen molar-refractivity contribution in [2.45, 2.75) is 44.7 Å². The van der Waals surface area contributed by atoms with Crippen molar-refractivity contribution >= 4 is 18.3 Å². The Morgan fingerprint density at radius 1 is 1.23 bits per heavy atom. The van der Waals surface area contributed by atoms with Crippen molar-refractivity contribution in [2.24, 2.45) is 11.7 Å². The standard InChI is InChI=1S/C17H26N2O2.ClH/c1-12(14-6-4-3-5-7-14)13(2)19-17(20)16(18)15-8-10-21-11-9-15;/h3-7,12-13,15-16H,8-11,18H2,1-2H3,(H,19,20);1H. The highest BCUT2D eigenvalue weighted by Crippen LogP contribution is 2.20. The fraction of sp³-hybridized carbons (Fsp3) is 0.588. The fourth-order valence-corrected chi connectivity index (χ4v) is 2.78. The summed E-state index contributed by atoms with van der Waals surface area (Å²) in [5.41, 5.74) is 7.34. The molecule has 3 atom stereocenters. The maximum atomic E-state index is 12.3. The normalized spacial score (nSPS) is 19.6. The molecule has 1 heterocycles. The lowest BCUT2D eigenvalue weighted by molar-refractivity contribution is -0.125. The van der Waals surface area contributed by atoms with Gasteiger partial charge in [0.2, 0.25) is 5.91 Å². The molecule has 1 saturated heterocycles.